The molecule has 0 saturated heterocycles. The Bertz CT molecular complexity index is 786. The van der Waals surface area contributed by atoms with Crippen molar-refractivity contribution in [3.05, 3.63) is 30.0 Å². The van der Waals surface area contributed by atoms with Gasteiger partial charge in [-0.1, -0.05) is 6.92 Å². The first-order valence-corrected chi connectivity index (χ1v) is 9.87. The summed E-state index contributed by atoms with van der Waals surface area (Å²) in [5.74, 6) is -1.42. The molecule has 0 aliphatic carbocycles. The summed E-state index contributed by atoms with van der Waals surface area (Å²) in [4.78, 5) is 32.1. The summed E-state index contributed by atoms with van der Waals surface area (Å²) in [6.45, 7) is 6.75. The number of hydrogen-bond donors (Lipinski definition) is 1. The van der Waals surface area contributed by atoms with Crippen LogP contribution in [0.1, 0.15) is 27.2 Å². The molecule has 1 aromatic rings. The summed E-state index contributed by atoms with van der Waals surface area (Å²) in [5.41, 5.74) is 1.69. The molecule has 0 fully saturated rings. The zero-order valence-electron chi connectivity index (χ0n) is 15.7. The fourth-order valence-electron chi connectivity index (χ4n) is 2.84. The lowest BCUT2D eigenvalue weighted by atomic mass is 10.2. The Morgan fingerprint density at radius 3 is 2.59 bits per heavy atom. The number of aliphatic imine (C=N–C) groups is 1. The van der Waals surface area contributed by atoms with Crippen LogP contribution in [0, 0.1) is 0 Å². The van der Waals surface area contributed by atoms with Gasteiger partial charge in [-0.25, -0.2) is 9.59 Å². The number of benzene rings is 1. The van der Waals surface area contributed by atoms with E-state index in [9.17, 15) is 9.59 Å². The number of nitrogens with one attached hydrogen (secondary N) is 1. The molecule has 0 amide bonds. The molecule has 0 bridgehead atoms. The molecule has 1 aromatic carbocycles. The molecule has 1 atom stereocenters. The Hall–Kier alpha value is -2.48. The van der Waals surface area contributed by atoms with Crippen molar-refractivity contribution in [2.45, 2.75) is 38.1 Å². The molecular weight excluding hydrogens is 366 g/mol. The molecule has 0 aromatic heterocycles. The second-order valence-corrected chi connectivity index (χ2v) is 7.02. The lowest BCUT2D eigenvalue weighted by Crippen LogP contribution is -2.24. The van der Waals surface area contributed by atoms with Crippen LogP contribution >= 0.6 is 11.8 Å². The van der Waals surface area contributed by atoms with Crippen LogP contribution in [0.15, 0.2) is 39.9 Å². The zero-order valence-corrected chi connectivity index (χ0v) is 16.5. The van der Waals surface area contributed by atoms with Gasteiger partial charge in [0.25, 0.3) is 0 Å². The third kappa shape index (κ3) is 4.10. The smallest absolute Gasteiger partial charge is 0.347 e. The van der Waals surface area contributed by atoms with E-state index in [1.165, 1.54) is 6.20 Å². The van der Waals surface area contributed by atoms with Crippen LogP contribution in [-0.2, 0) is 19.1 Å². The Labute approximate surface area is 162 Å². The van der Waals surface area contributed by atoms with Crippen LogP contribution in [0.2, 0.25) is 0 Å². The fraction of sp³-hybridized carbons (Fsp3) is 0.421. The summed E-state index contributed by atoms with van der Waals surface area (Å²) in [7, 11) is 0. The van der Waals surface area contributed by atoms with E-state index >= 15 is 0 Å². The number of hydrogen-bond acceptors (Lipinski definition) is 8. The Balaban J connectivity index is 1.79. The van der Waals surface area contributed by atoms with Crippen LogP contribution in [0.4, 0.5) is 11.4 Å². The van der Waals surface area contributed by atoms with Crippen molar-refractivity contribution >= 4 is 40.2 Å². The largest absolute Gasteiger partial charge is 0.462 e. The van der Waals surface area contributed by atoms with Gasteiger partial charge < -0.3 is 19.7 Å². The van der Waals surface area contributed by atoms with Gasteiger partial charge in [0.05, 0.1) is 24.9 Å². The molecule has 7 nitrogen and oxygen atoms in total. The summed E-state index contributed by atoms with van der Waals surface area (Å²) in [5, 5.41) is 4.05. The van der Waals surface area contributed by atoms with Gasteiger partial charge >= 0.3 is 11.9 Å². The number of nitrogens with zero attached hydrogens (tertiary/aromatic N) is 2. The standard InChI is InChI=1S/C19H23N3O4S/c1-4-12-11-22-15-9-13(7-8-16(15)27-19(22)21-12)20-10-14(17(23)25-5-2)18(24)26-6-3/h7-10,12,20H,4-6,11H2,1-3H3. The Morgan fingerprint density at radius 1 is 1.26 bits per heavy atom. The maximum atomic E-state index is 12.0. The molecule has 1 unspecified atom stereocenters. The number of anilines is 2. The highest BCUT2D eigenvalue weighted by Crippen LogP contribution is 2.44. The van der Waals surface area contributed by atoms with Gasteiger partial charge in [-0.15, -0.1) is 0 Å². The van der Waals surface area contributed by atoms with E-state index in [2.05, 4.69) is 17.1 Å². The van der Waals surface area contributed by atoms with E-state index in [1.54, 1.807) is 25.6 Å². The molecule has 2 heterocycles. The van der Waals surface area contributed by atoms with Gasteiger partial charge in [0.2, 0.25) is 0 Å². The molecule has 0 spiro atoms. The maximum Gasteiger partial charge on any atom is 0.347 e. The monoisotopic (exact) mass is 389 g/mol. The number of thioether (sulfide) groups is 1. The van der Waals surface area contributed by atoms with Gasteiger partial charge in [0.1, 0.15) is 0 Å². The van der Waals surface area contributed by atoms with Crippen molar-refractivity contribution in [3.63, 3.8) is 0 Å². The lowest BCUT2D eigenvalue weighted by Gasteiger charge is -2.15. The second-order valence-electron chi connectivity index (χ2n) is 6.01. The van der Waals surface area contributed by atoms with E-state index in [0.717, 1.165) is 34.4 Å². The van der Waals surface area contributed by atoms with E-state index in [4.69, 9.17) is 14.5 Å². The molecule has 0 radical (unpaired) electrons. The quantitative estimate of drug-likeness (QED) is 0.332. The van der Waals surface area contributed by atoms with E-state index in [1.807, 2.05) is 18.2 Å². The number of ether oxygens (including phenoxy) is 2. The lowest BCUT2D eigenvalue weighted by molar-refractivity contribution is -0.146. The molecule has 27 heavy (non-hydrogen) atoms. The highest BCUT2D eigenvalue weighted by molar-refractivity contribution is 8.14. The van der Waals surface area contributed by atoms with Gasteiger partial charge in [-0.3, -0.25) is 4.99 Å². The van der Waals surface area contributed by atoms with Crippen molar-refractivity contribution in [2.24, 2.45) is 4.99 Å². The predicted molar refractivity (Wildman–Crippen MR) is 106 cm³/mol. The van der Waals surface area contributed by atoms with Crippen LogP contribution in [0.25, 0.3) is 0 Å². The Kier molecular flexibility index (Phi) is 6.05. The second kappa shape index (κ2) is 8.47. The number of carbonyl (C=O) groups excluding carboxylic acids is 2. The van der Waals surface area contributed by atoms with Gasteiger partial charge in [-0.05, 0) is 50.2 Å². The number of carbonyl (C=O) groups is 2. The first-order chi connectivity index (χ1) is 13.1. The molecule has 2 aliphatic rings. The first-order valence-electron chi connectivity index (χ1n) is 9.05. The highest BCUT2D eigenvalue weighted by Gasteiger charge is 2.33. The number of amidine groups is 1. The minimum absolute atomic E-state index is 0.164. The zero-order chi connectivity index (χ0) is 19.4. The van der Waals surface area contributed by atoms with Gasteiger partial charge in [-0.2, -0.15) is 0 Å². The third-order valence-electron chi connectivity index (χ3n) is 4.21. The van der Waals surface area contributed by atoms with Crippen molar-refractivity contribution < 1.29 is 19.1 Å². The summed E-state index contributed by atoms with van der Waals surface area (Å²) in [6.07, 6.45) is 2.35. The van der Waals surface area contributed by atoms with E-state index in [0.29, 0.717) is 6.04 Å². The number of fused-ring (bicyclic) bond motifs is 3. The average Bonchev–Trinajstić information content (AvgIpc) is 3.20. The maximum absolute atomic E-state index is 12.0. The van der Waals surface area contributed by atoms with E-state index in [-0.39, 0.29) is 18.8 Å². The van der Waals surface area contributed by atoms with Crippen LogP contribution in [-0.4, -0.2) is 42.9 Å². The van der Waals surface area contributed by atoms with E-state index < -0.39 is 11.9 Å². The van der Waals surface area contributed by atoms with Crippen molar-refractivity contribution in [2.75, 3.05) is 30.0 Å². The SMILES string of the molecule is CCOC(=O)C(=CNc1ccc2c(c1)N1CC(CC)N=C1S2)C(=O)OCC. The molecule has 8 heteroatoms. The highest BCUT2D eigenvalue weighted by atomic mass is 32.2. The van der Waals surface area contributed by atoms with Crippen molar-refractivity contribution in [1.29, 1.82) is 0 Å². The minimum atomic E-state index is -0.708. The van der Waals surface area contributed by atoms with Gasteiger partial charge in [0.15, 0.2) is 10.7 Å². The summed E-state index contributed by atoms with van der Waals surface area (Å²) < 4.78 is 9.88. The first kappa shape index (κ1) is 19.3. The summed E-state index contributed by atoms with van der Waals surface area (Å²) >= 11 is 1.67. The van der Waals surface area contributed by atoms with Crippen molar-refractivity contribution in [3.8, 4) is 0 Å². The molecular formula is C19H23N3O4S. The topological polar surface area (TPSA) is 80.2 Å². The summed E-state index contributed by atoms with van der Waals surface area (Å²) in [6, 6.07) is 6.23. The predicted octanol–water partition coefficient (Wildman–Crippen LogP) is 3.17. The minimum Gasteiger partial charge on any atom is -0.462 e. The molecule has 2 aliphatic heterocycles. The van der Waals surface area contributed by atoms with Crippen LogP contribution in [0.5, 0.6) is 0 Å². The molecule has 3 rings (SSSR count). The normalized spacial score (nSPS) is 16.9. The van der Waals surface area contributed by atoms with Crippen LogP contribution in [0.3, 0.4) is 0 Å². The third-order valence-corrected chi connectivity index (χ3v) is 5.29. The van der Waals surface area contributed by atoms with Crippen molar-refractivity contribution in [1.82, 2.24) is 0 Å². The average molecular weight is 389 g/mol. The molecule has 144 valence electrons. The molecule has 0 saturated carbocycles. The number of esters is 2. The Morgan fingerprint density at radius 2 is 1.96 bits per heavy atom. The molecule has 1 N–H and O–H groups in total. The van der Waals surface area contributed by atoms with Crippen LogP contribution < -0.4 is 10.2 Å². The van der Waals surface area contributed by atoms with Gasteiger partial charge in [0, 0.05) is 23.3 Å². The number of rotatable bonds is 7. The fourth-order valence-corrected chi connectivity index (χ4v) is 3.93.